The van der Waals surface area contributed by atoms with Crippen molar-refractivity contribution in [3.8, 4) is 5.69 Å². The van der Waals surface area contributed by atoms with E-state index in [0.717, 1.165) is 16.9 Å². The molecule has 30 heavy (non-hydrogen) atoms. The van der Waals surface area contributed by atoms with E-state index in [2.05, 4.69) is 15.7 Å². The Hall–Kier alpha value is -3.12. The summed E-state index contributed by atoms with van der Waals surface area (Å²) in [5.41, 5.74) is 3.79. The molecule has 2 amide bonds. The second-order valence-electron chi connectivity index (χ2n) is 7.49. The zero-order valence-corrected chi connectivity index (χ0v) is 18.2. The highest BCUT2D eigenvalue weighted by atomic mass is 35.5. The van der Waals surface area contributed by atoms with Crippen LogP contribution in [0.2, 0.25) is 5.02 Å². The number of halogens is 1. The van der Waals surface area contributed by atoms with Crippen LogP contribution in [0.15, 0.2) is 54.7 Å². The first kappa shape index (κ1) is 21.6. The average molecular weight is 425 g/mol. The van der Waals surface area contributed by atoms with Crippen molar-refractivity contribution in [1.82, 2.24) is 15.1 Å². The predicted octanol–water partition coefficient (Wildman–Crippen LogP) is 5.10. The number of carbonyl (C=O) groups is 2. The molecule has 156 valence electrons. The van der Waals surface area contributed by atoms with Crippen molar-refractivity contribution >= 4 is 29.1 Å². The van der Waals surface area contributed by atoms with Crippen molar-refractivity contribution in [3.63, 3.8) is 0 Å². The van der Waals surface area contributed by atoms with Crippen LogP contribution in [0.25, 0.3) is 5.69 Å². The van der Waals surface area contributed by atoms with Crippen LogP contribution < -0.4 is 10.6 Å². The highest BCUT2D eigenvalue weighted by Crippen LogP contribution is 2.25. The van der Waals surface area contributed by atoms with Crippen LogP contribution in [0.3, 0.4) is 0 Å². The van der Waals surface area contributed by atoms with Gasteiger partial charge in [-0.2, -0.15) is 5.10 Å². The summed E-state index contributed by atoms with van der Waals surface area (Å²) >= 11 is 5.99. The summed E-state index contributed by atoms with van der Waals surface area (Å²) in [6.07, 6.45) is 1.60. The van der Waals surface area contributed by atoms with Gasteiger partial charge in [-0.15, -0.1) is 0 Å². The number of hydrogen-bond donors (Lipinski definition) is 2. The zero-order valence-electron chi connectivity index (χ0n) is 17.4. The van der Waals surface area contributed by atoms with Gasteiger partial charge in [0.1, 0.15) is 0 Å². The minimum atomic E-state index is -0.245. The van der Waals surface area contributed by atoms with Gasteiger partial charge in [0.25, 0.3) is 5.91 Å². The Balaban J connectivity index is 1.85. The molecule has 0 aliphatic rings. The monoisotopic (exact) mass is 424 g/mol. The Morgan fingerprint density at radius 3 is 2.40 bits per heavy atom. The van der Waals surface area contributed by atoms with E-state index in [1.165, 1.54) is 6.92 Å². The van der Waals surface area contributed by atoms with Crippen LogP contribution in [0, 0.1) is 0 Å². The average Bonchev–Trinajstić information content (AvgIpc) is 3.14. The molecule has 0 radical (unpaired) electrons. The van der Waals surface area contributed by atoms with Gasteiger partial charge in [0, 0.05) is 17.6 Å². The molecule has 3 rings (SSSR count). The normalized spacial score (nSPS) is 11.9. The molecule has 6 nitrogen and oxygen atoms in total. The van der Waals surface area contributed by atoms with Gasteiger partial charge >= 0.3 is 0 Å². The summed E-state index contributed by atoms with van der Waals surface area (Å²) in [6, 6.07) is 14.5. The summed E-state index contributed by atoms with van der Waals surface area (Å²) in [6.45, 7) is 7.42. The maximum atomic E-state index is 13.1. The number of carbonyl (C=O) groups excluding carboxylic acids is 2. The molecule has 7 heteroatoms. The number of nitrogens with zero attached hydrogens (tertiary/aromatic N) is 2. The fraction of sp³-hybridized carbons (Fsp3) is 0.261. The zero-order chi connectivity index (χ0) is 21.8. The first-order valence-electron chi connectivity index (χ1n) is 9.78. The molecule has 1 unspecified atom stereocenters. The molecule has 0 aliphatic carbocycles. The summed E-state index contributed by atoms with van der Waals surface area (Å²) < 4.78 is 1.78. The molecular weight excluding hydrogens is 400 g/mol. The summed E-state index contributed by atoms with van der Waals surface area (Å²) in [7, 11) is 0. The second-order valence-corrected chi connectivity index (χ2v) is 7.92. The second kappa shape index (κ2) is 9.13. The molecule has 2 N–H and O–H groups in total. The molecule has 0 saturated heterocycles. The van der Waals surface area contributed by atoms with E-state index in [4.69, 9.17) is 11.6 Å². The molecule has 0 bridgehead atoms. The molecule has 2 aromatic carbocycles. The highest BCUT2D eigenvalue weighted by molar-refractivity contribution is 6.30. The highest BCUT2D eigenvalue weighted by Gasteiger charge is 2.22. The lowest BCUT2D eigenvalue weighted by molar-refractivity contribution is -0.114. The van der Waals surface area contributed by atoms with Gasteiger partial charge in [0.05, 0.1) is 29.2 Å². The van der Waals surface area contributed by atoms with Crippen LogP contribution in [0.1, 0.15) is 61.3 Å². The third kappa shape index (κ3) is 4.89. The molecule has 0 aliphatic heterocycles. The van der Waals surface area contributed by atoms with Crippen molar-refractivity contribution in [3.05, 3.63) is 76.6 Å². The quantitative estimate of drug-likeness (QED) is 0.578. The Morgan fingerprint density at radius 1 is 1.07 bits per heavy atom. The number of anilines is 1. The standard InChI is InChI=1S/C23H25ClN4O2/c1-14(2)22-21(13-25-28(22)20-10-8-18(24)9-11-20)23(30)26-15(3)17-6-5-7-19(12-17)27-16(4)29/h5-15H,1-4H3,(H,26,30)(H,27,29). The van der Waals surface area contributed by atoms with Gasteiger partial charge in [-0.05, 0) is 54.8 Å². The Labute approximate surface area is 181 Å². The minimum Gasteiger partial charge on any atom is -0.345 e. The molecule has 1 aromatic heterocycles. The van der Waals surface area contributed by atoms with E-state index in [1.54, 1.807) is 23.0 Å². The van der Waals surface area contributed by atoms with Crippen molar-refractivity contribution < 1.29 is 9.59 Å². The molecule has 3 aromatic rings. The van der Waals surface area contributed by atoms with Gasteiger partial charge in [-0.1, -0.05) is 37.6 Å². The lowest BCUT2D eigenvalue weighted by Gasteiger charge is -2.17. The number of aromatic nitrogens is 2. The Morgan fingerprint density at radius 2 is 1.77 bits per heavy atom. The molecule has 1 atom stereocenters. The van der Waals surface area contributed by atoms with Crippen LogP contribution in [-0.2, 0) is 4.79 Å². The fourth-order valence-corrected chi connectivity index (χ4v) is 3.45. The first-order chi connectivity index (χ1) is 14.3. The Kier molecular flexibility index (Phi) is 6.57. The smallest absolute Gasteiger partial charge is 0.255 e. The van der Waals surface area contributed by atoms with E-state index in [0.29, 0.717) is 16.3 Å². The van der Waals surface area contributed by atoms with Gasteiger partial charge in [-0.3, -0.25) is 9.59 Å². The van der Waals surface area contributed by atoms with Crippen molar-refractivity contribution in [2.75, 3.05) is 5.32 Å². The van der Waals surface area contributed by atoms with Gasteiger partial charge in [-0.25, -0.2) is 4.68 Å². The van der Waals surface area contributed by atoms with Gasteiger partial charge in [0.2, 0.25) is 5.91 Å². The molecule has 0 saturated carbocycles. The summed E-state index contributed by atoms with van der Waals surface area (Å²) in [5.74, 6) is -0.251. The van der Waals surface area contributed by atoms with E-state index in [1.807, 2.05) is 57.2 Å². The lowest BCUT2D eigenvalue weighted by Crippen LogP contribution is -2.27. The largest absolute Gasteiger partial charge is 0.345 e. The van der Waals surface area contributed by atoms with Crippen molar-refractivity contribution in [1.29, 1.82) is 0 Å². The van der Waals surface area contributed by atoms with Crippen molar-refractivity contribution in [2.45, 2.75) is 39.7 Å². The van der Waals surface area contributed by atoms with E-state index in [9.17, 15) is 9.59 Å². The maximum Gasteiger partial charge on any atom is 0.255 e. The van der Waals surface area contributed by atoms with E-state index >= 15 is 0 Å². The third-order valence-corrected chi connectivity index (χ3v) is 4.98. The number of rotatable bonds is 6. The maximum absolute atomic E-state index is 13.1. The van der Waals surface area contributed by atoms with Crippen LogP contribution in [0.4, 0.5) is 5.69 Å². The number of nitrogens with one attached hydrogen (secondary N) is 2. The third-order valence-electron chi connectivity index (χ3n) is 4.72. The van der Waals surface area contributed by atoms with Crippen LogP contribution in [-0.4, -0.2) is 21.6 Å². The van der Waals surface area contributed by atoms with Crippen molar-refractivity contribution in [2.24, 2.45) is 0 Å². The van der Waals surface area contributed by atoms with Crippen LogP contribution >= 0.6 is 11.6 Å². The van der Waals surface area contributed by atoms with Gasteiger partial charge in [0.15, 0.2) is 0 Å². The summed E-state index contributed by atoms with van der Waals surface area (Å²) in [5, 5.41) is 10.9. The first-order valence-corrected chi connectivity index (χ1v) is 10.2. The number of benzene rings is 2. The molecular formula is C23H25ClN4O2. The summed E-state index contributed by atoms with van der Waals surface area (Å²) in [4.78, 5) is 24.4. The minimum absolute atomic E-state index is 0.0855. The fourth-order valence-electron chi connectivity index (χ4n) is 3.32. The Bertz CT molecular complexity index is 1060. The van der Waals surface area contributed by atoms with E-state index in [-0.39, 0.29) is 23.8 Å². The van der Waals surface area contributed by atoms with Gasteiger partial charge < -0.3 is 10.6 Å². The number of amides is 2. The predicted molar refractivity (Wildman–Crippen MR) is 119 cm³/mol. The molecule has 0 fully saturated rings. The molecule has 1 heterocycles. The number of hydrogen-bond acceptors (Lipinski definition) is 3. The van der Waals surface area contributed by atoms with E-state index < -0.39 is 0 Å². The topological polar surface area (TPSA) is 76.0 Å². The molecule has 0 spiro atoms. The van der Waals surface area contributed by atoms with Crippen LogP contribution in [0.5, 0.6) is 0 Å². The lowest BCUT2D eigenvalue weighted by atomic mass is 10.0. The SMILES string of the molecule is CC(=O)Nc1cccc(C(C)NC(=O)c2cnn(-c3ccc(Cl)cc3)c2C(C)C)c1.